The van der Waals surface area contributed by atoms with Gasteiger partial charge in [0.1, 0.15) is 5.78 Å². The summed E-state index contributed by atoms with van der Waals surface area (Å²) in [5.41, 5.74) is 0. The third kappa shape index (κ3) is 5.80. The van der Waals surface area contributed by atoms with Crippen molar-refractivity contribution in [3.05, 3.63) is 12.7 Å². The van der Waals surface area contributed by atoms with E-state index in [0.29, 0.717) is 12.8 Å². The summed E-state index contributed by atoms with van der Waals surface area (Å²) in [5, 5.41) is 0. The highest BCUT2D eigenvalue weighted by atomic mass is 35.5. The van der Waals surface area contributed by atoms with Crippen LogP contribution in [0.5, 0.6) is 0 Å². The second kappa shape index (κ2) is 6.10. The maximum Gasteiger partial charge on any atom is 0.154 e. The van der Waals surface area contributed by atoms with E-state index in [-0.39, 0.29) is 23.9 Å². The first kappa shape index (κ1) is 10.4. The van der Waals surface area contributed by atoms with Gasteiger partial charge in [0, 0.05) is 6.42 Å². The molecule has 0 heterocycles. The summed E-state index contributed by atoms with van der Waals surface area (Å²) in [4.78, 5) is 21.5. The van der Waals surface area contributed by atoms with Gasteiger partial charge in [-0.3, -0.25) is 9.59 Å². The van der Waals surface area contributed by atoms with Gasteiger partial charge in [-0.1, -0.05) is 6.08 Å². The number of hydrogen-bond donors (Lipinski definition) is 0. The minimum Gasteiger partial charge on any atom is -0.299 e. The van der Waals surface area contributed by atoms with Crippen LogP contribution in [0.15, 0.2) is 12.7 Å². The van der Waals surface area contributed by atoms with Crippen LogP contribution in [0.1, 0.15) is 19.3 Å². The Labute approximate surface area is 71.2 Å². The Bertz CT molecular complexity index is 163. The Hall–Kier alpha value is -0.630. The number of hydrogen-bond acceptors (Lipinski definition) is 2. The summed E-state index contributed by atoms with van der Waals surface area (Å²) < 4.78 is 0. The molecule has 2 nitrogen and oxygen atoms in total. The van der Waals surface area contributed by atoms with E-state index < -0.39 is 0 Å². The number of rotatable bonds is 6. The molecule has 0 aliphatic rings. The maximum atomic E-state index is 10.8. The molecule has 0 unspecified atom stereocenters. The van der Waals surface area contributed by atoms with Crippen LogP contribution in [0.4, 0.5) is 0 Å². The van der Waals surface area contributed by atoms with Crippen molar-refractivity contribution < 1.29 is 9.59 Å². The lowest BCUT2D eigenvalue weighted by Gasteiger charge is -1.94. The van der Waals surface area contributed by atoms with Crippen LogP contribution in [0, 0.1) is 0 Å². The van der Waals surface area contributed by atoms with Crippen LogP contribution >= 0.6 is 11.6 Å². The van der Waals surface area contributed by atoms with Gasteiger partial charge in [0.05, 0.1) is 12.3 Å². The van der Waals surface area contributed by atoms with Crippen LogP contribution in [-0.2, 0) is 9.59 Å². The predicted molar refractivity (Wildman–Crippen MR) is 44.8 cm³/mol. The Morgan fingerprint density at radius 2 is 2.00 bits per heavy atom. The molecule has 0 aromatic carbocycles. The van der Waals surface area contributed by atoms with Gasteiger partial charge in [0.2, 0.25) is 0 Å². The van der Waals surface area contributed by atoms with Crippen molar-refractivity contribution in [2.45, 2.75) is 19.3 Å². The van der Waals surface area contributed by atoms with E-state index in [2.05, 4.69) is 6.58 Å². The molecule has 0 rings (SSSR count). The van der Waals surface area contributed by atoms with Crippen molar-refractivity contribution in [1.82, 2.24) is 0 Å². The third-order valence-electron chi connectivity index (χ3n) is 1.17. The number of carbonyl (C=O) groups is 2. The molecule has 0 bridgehead atoms. The summed E-state index contributed by atoms with van der Waals surface area (Å²) in [6.07, 6.45) is 2.65. The molecule has 0 atom stereocenters. The molecule has 0 spiro atoms. The van der Waals surface area contributed by atoms with Crippen molar-refractivity contribution in [2.75, 3.05) is 5.88 Å². The normalized spacial score (nSPS) is 9.18. The Morgan fingerprint density at radius 1 is 1.36 bits per heavy atom. The van der Waals surface area contributed by atoms with E-state index in [1.807, 2.05) is 0 Å². The molecule has 0 aromatic rings. The van der Waals surface area contributed by atoms with Gasteiger partial charge in [0.15, 0.2) is 5.78 Å². The molecule has 0 aliphatic heterocycles. The quantitative estimate of drug-likeness (QED) is 0.349. The van der Waals surface area contributed by atoms with Crippen LogP contribution in [-0.4, -0.2) is 17.4 Å². The van der Waals surface area contributed by atoms with Crippen LogP contribution < -0.4 is 0 Å². The second-order valence-electron chi connectivity index (χ2n) is 2.22. The van der Waals surface area contributed by atoms with Crippen LogP contribution in [0.2, 0.25) is 0 Å². The van der Waals surface area contributed by atoms with E-state index >= 15 is 0 Å². The van der Waals surface area contributed by atoms with Gasteiger partial charge in [0.25, 0.3) is 0 Å². The summed E-state index contributed by atoms with van der Waals surface area (Å²) in [6.45, 7) is 3.47. The van der Waals surface area contributed by atoms with Crippen LogP contribution in [0.3, 0.4) is 0 Å². The van der Waals surface area contributed by atoms with Crippen molar-refractivity contribution in [1.29, 1.82) is 0 Å². The van der Waals surface area contributed by atoms with Crippen molar-refractivity contribution in [3.8, 4) is 0 Å². The lowest BCUT2D eigenvalue weighted by atomic mass is 10.1. The zero-order chi connectivity index (χ0) is 8.69. The fraction of sp³-hybridized carbons (Fsp3) is 0.500. The van der Waals surface area contributed by atoms with E-state index in [0.717, 1.165) is 0 Å². The average Bonchev–Trinajstić information content (AvgIpc) is 2.00. The molecule has 0 fully saturated rings. The monoisotopic (exact) mass is 174 g/mol. The molecule has 0 radical (unpaired) electrons. The lowest BCUT2D eigenvalue weighted by Crippen LogP contribution is -2.07. The van der Waals surface area contributed by atoms with Crippen molar-refractivity contribution >= 4 is 23.2 Å². The zero-order valence-corrected chi connectivity index (χ0v) is 7.06. The van der Waals surface area contributed by atoms with Crippen molar-refractivity contribution in [2.24, 2.45) is 0 Å². The standard InChI is InChI=1S/C8H11ClO2/c1-2-3-4-7(10)5-8(11)6-9/h2H,1,3-6H2. The first-order valence-electron chi connectivity index (χ1n) is 3.41. The fourth-order valence-corrected chi connectivity index (χ4v) is 0.713. The molecule has 0 saturated heterocycles. The van der Waals surface area contributed by atoms with E-state index in [4.69, 9.17) is 11.6 Å². The molecule has 3 heteroatoms. The number of ketones is 2. The first-order valence-corrected chi connectivity index (χ1v) is 3.94. The van der Waals surface area contributed by atoms with Crippen molar-refractivity contribution in [3.63, 3.8) is 0 Å². The topological polar surface area (TPSA) is 34.1 Å². The number of allylic oxidation sites excluding steroid dienone is 1. The molecule has 11 heavy (non-hydrogen) atoms. The minimum atomic E-state index is -0.208. The predicted octanol–water partition coefficient (Wildman–Crippen LogP) is 1.72. The molecular weight excluding hydrogens is 164 g/mol. The van der Waals surface area contributed by atoms with Gasteiger partial charge in [-0.25, -0.2) is 0 Å². The third-order valence-corrected chi connectivity index (χ3v) is 1.47. The lowest BCUT2D eigenvalue weighted by molar-refractivity contribution is -0.125. The second-order valence-corrected chi connectivity index (χ2v) is 2.48. The summed E-state index contributed by atoms with van der Waals surface area (Å²) in [5.74, 6) is -0.337. The summed E-state index contributed by atoms with van der Waals surface area (Å²) in [7, 11) is 0. The van der Waals surface area contributed by atoms with Gasteiger partial charge in [-0.15, -0.1) is 18.2 Å². The van der Waals surface area contributed by atoms with Gasteiger partial charge >= 0.3 is 0 Å². The Balaban J connectivity index is 3.51. The Kier molecular flexibility index (Phi) is 5.75. The molecule has 62 valence electrons. The average molecular weight is 175 g/mol. The van der Waals surface area contributed by atoms with E-state index in [9.17, 15) is 9.59 Å². The van der Waals surface area contributed by atoms with Gasteiger partial charge in [-0.05, 0) is 6.42 Å². The SMILES string of the molecule is C=CCCC(=O)CC(=O)CCl. The summed E-state index contributed by atoms with van der Waals surface area (Å²) >= 11 is 5.21. The highest BCUT2D eigenvalue weighted by molar-refractivity contribution is 6.29. The van der Waals surface area contributed by atoms with Crippen LogP contribution in [0.25, 0.3) is 0 Å². The zero-order valence-electron chi connectivity index (χ0n) is 6.31. The molecule has 0 aromatic heterocycles. The number of halogens is 1. The van der Waals surface area contributed by atoms with E-state index in [1.54, 1.807) is 6.08 Å². The molecular formula is C8H11ClO2. The Morgan fingerprint density at radius 3 is 2.45 bits per heavy atom. The van der Waals surface area contributed by atoms with E-state index in [1.165, 1.54) is 0 Å². The van der Waals surface area contributed by atoms with Gasteiger partial charge < -0.3 is 0 Å². The molecule has 0 aliphatic carbocycles. The highest BCUT2D eigenvalue weighted by Crippen LogP contribution is 1.97. The fourth-order valence-electron chi connectivity index (χ4n) is 0.619. The summed E-state index contributed by atoms with van der Waals surface area (Å²) in [6, 6.07) is 0. The van der Waals surface area contributed by atoms with Gasteiger partial charge in [-0.2, -0.15) is 0 Å². The number of alkyl halides is 1. The minimum absolute atomic E-state index is 0.0304. The number of carbonyl (C=O) groups excluding carboxylic acids is 2. The number of Topliss-reactive ketones (excluding diaryl/α,β-unsaturated/α-hetero) is 2. The molecule has 0 amide bonds. The highest BCUT2D eigenvalue weighted by Gasteiger charge is 2.06. The maximum absolute atomic E-state index is 10.8. The largest absolute Gasteiger partial charge is 0.299 e. The molecule has 0 saturated carbocycles. The smallest absolute Gasteiger partial charge is 0.154 e. The first-order chi connectivity index (χ1) is 5.20. The molecule has 0 N–H and O–H groups in total.